The molecule has 0 atom stereocenters. The van der Waals surface area contributed by atoms with E-state index in [0.717, 1.165) is 31.0 Å². The Kier molecular flexibility index (Phi) is 6.29. The molecule has 2 heteroatoms. The molecule has 0 radical (unpaired) electrons. The summed E-state index contributed by atoms with van der Waals surface area (Å²) in [6, 6.07) is 16.7. The first kappa shape index (κ1) is 15.6. The summed E-state index contributed by atoms with van der Waals surface area (Å²) >= 11 is 0. The Hall–Kier alpha value is -1.80. The Morgan fingerprint density at radius 3 is 1.90 bits per heavy atom. The number of ether oxygens (including phenoxy) is 1. The molecule has 112 valence electrons. The topological polar surface area (TPSA) is 21.3 Å². The zero-order chi connectivity index (χ0) is 14.9. The van der Waals surface area contributed by atoms with E-state index in [4.69, 9.17) is 4.74 Å². The van der Waals surface area contributed by atoms with Crippen LogP contribution in [0.3, 0.4) is 0 Å². The molecule has 0 aromatic heterocycles. The molecular weight excluding hydrogens is 258 g/mol. The van der Waals surface area contributed by atoms with Crippen LogP contribution in [0.5, 0.6) is 11.5 Å². The van der Waals surface area contributed by atoms with Crippen molar-refractivity contribution >= 4 is 0 Å². The second kappa shape index (κ2) is 8.48. The minimum absolute atomic E-state index is 0.886. The molecule has 0 aliphatic carbocycles. The molecule has 0 saturated heterocycles. The van der Waals surface area contributed by atoms with E-state index in [1.807, 2.05) is 12.1 Å². The zero-order valence-corrected chi connectivity index (χ0v) is 13.1. The first-order chi connectivity index (χ1) is 10.3. The molecule has 2 aromatic rings. The Balaban J connectivity index is 1.91. The highest BCUT2D eigenvalue weighted by Gasteiger charge is 1.99. The third kappa shape index (κ3) is 5.24. The SMILES string of the molecule is CCCCc1ccc(Oc2ccc(CNCC)cc2)cc1. The van der Waals surface area contributed by atoms with E-state index < -0.39 is 0 Å². The molecule has 0 unspecified atom stereocenters. The van der Waals surface area contributed by atoms with Gasteiger partial charge >= 0.3 is 0 Å². The van der Waals surface area contributed by atoms with E-state index in [9.17, 15) is 0 Å². The van der Waals surface area contributed by atoms with Gasteiger partial charge in [0, 0.05) is 6.54 Å². The molecule has 1 N–H and O–H groups in total. The third-order valence-corrected chi connectivity index (χ3v) is 3.48. The molecule has 0 fully saturated rings. The average Bonchev–Trinajstić information content (AvgIpc) is 2.53. The monoisotopic (exact) mass is 283 g/mol. The number of hydrogen-bond donors (Lipinski definition) is 1. The van der Waals surface area contributed by atoms with Crippen LogP contribution >= 0.6 is 0 Å². The lowest BCUT2D eigenvalue weighted by atomic mass is 10.1. The molecular formula is C19H25NO. The predicted molar refractivity (Wildman–Crippen MR) is 89.0 cm³/mol. The van der Waals surface area contributed by atoms with Crippen molar-refractivity contribution in [3.63, 3.8) is 0 Å². The van der Waals surface area contributed by atoms with Crippen molar-refractivity contribution in [2.24, 2.45) is 0 Å². The molecule has 2 aromatic carbocycles. The maximum absolute atomic E-state index is 5.88. The summed E-state index contributed by atoms with van der Waals surface area (Å²) in [5.74, 6) is 1.78. The second-order valence-electron chi connectivity index (χ2n) is 5.27. The van der Waals surface area contributed by atoms with Gasteiger partial charge in [-0.05, 0) is 54.8 Å². The Morgan fingerprint density at radius 1 is 0.810 bits per heavy atom. The minimum Gasteiger partial charge on any atom is -0.457 e. The molecule has 21 heavy (non-hydrogen) atoms. The van der Waals surface area contributed by atoms with Crippen molar-refractivity contribution in [1.82, 2.24) is 5.32 Å². The maximum atomic E-state index is 5.88. The standard InChI is InChI=1S/C19H25NO/c1-3-5-6-16-7-11-18(12-8-16)21-19-13-9-17(10-14-19)15-20-4-2/h7-14,20H,3-6,15H2,1-2H3. The molecule has 0 aliphatic rings. The van der Waals surface area contributed by atoms with Crippen LogP contribution in [-0.4, -0.2) is 6.54 Å². The van der Waals surface area contributed by atoms with Gasteiger partial charge in [-0.2, -0.15) is 0 Å². The number of aryl methyl sites for hydroxylation is 1. The van der Waals surface area contributed by atoms with Crippen molar-refractivity contribution in [1.29, 1.82) is 0 Å². The highest BCUT2D eigenvalue weighted by molar-refractivity contribution is 5.34. The van der Waals surface area contributed by atoms with Gasteiger partial charge in [-0.1, -0.05) is 44.5 Å². The highest BCUT2D eigenvalue weighted by atomic mass is 16.5. The molecule has 0 aliphatic heterocycles. The predicted octanol–water partition coefficient (Wildman–Crippen LogP) is 4.93. The van der Waals surface area contributed by atoms with Crippen LogP contribution < -0.4 is 10.1 Å². The van der Waals surface area contributed by atoms with Gasteiger partial charge in [0.15, 0.2) is 0 Å². The minimum atomic E-state index is 0.886. The molecule has 0 heterocycles. The van der Waals surface area contributed by atoms with Gasteiger partial charge in [0.05, 0.1) is 0 Å². The number of benzene rings is 2. The number of unbranched alkanes of at least 4 members (excludes halogenated alkanes) is 1. The van der Waals surface area contributed by atoms with Gasteiger partial charge in [-0.3, -0.25) is 0 Å². The Morgan fingerprint density at radius 2 is 1.38 bits per heavy atom. The lowest BCUT2D eigenvalue weighted by molar-refractivity contribution is 0.482. The average molecular weight is 283 g/mol. The zero-order valence-electron chi connectivity index (χ0n) is 13.1. The van der Waals surface area contributed by atoms with E-state index in [-0.39, 0.29) is 0 Å². The van der Waals surface area contributed by atoms with Crippen molar-refractivity contribution in [2.45, 2.75) is 39.7 Å². The van der Waals surface area contributed by atoms with Gasteiger partial charge in [0.2, 0.25) is 0 Å². The Bertz CT molecular complexity index is 467. The number of rotatable bonds is 8. The van der Waals surface area contributed by atoms with Crippen molar-refractivity contribution in [2.75, 3.05) is 6.54 Å². The van der Waals surface area contributed by atoms with Gasteiger partial charge in [0.1, 0.15) is 11.5 Å². The van der Waals surface area contributed by atoms with Gasteiger partial charge in [-0.25, -0.2) is 0 Å². The van der Waals surface area contributed by atoms with Crippen LogP contribution in [0.2, 0.25) is 0 Å². The molecule has 0 amide bonds. The summed E-state index contributed by atoms with van der Waals surface area (Å²) in [6.45, 7) is 6.23. The molecule has 2 nitrogen and oxygen atoms in total. The van der Waals surface area contributed by atoms with Crippen LogP contribution in [-0.2, 0) is 13.0 Å². The fourth-order valence-corrected chi connectivity index (χ4v) is 2.19. The summed E-state index contributed by atoms with van der Waals surface area (Å²) < 4.78 is 5.88. The Labute approximate surface area is 128 Å². The van der Waals surface area contributed by atoms with Crippen LogP contribution in [0, 0.1) is 0 Å². The first-order valence-electron chi connectivity index (χ1n) is 7.88. The summed E-state index contributed by atoms with van der Waals surface area (Å²) in [5, 5.41) is 3.32. The fourth-order valence-electron chi connectivity index (χ4n) is 2.19. The summed E-state index contributed by atoms with van der Waals surface area (Å²) in [5.41, 5.74) is 2.66. The third-order valence-electron chi connectivity index (χ3n) is 3.48. The van der Waals surface area contributed by atoms with Crippen molar-refractivity contribution in [3.05, 3.63) is 59.7 Å². The lowest BCUT2D eigenvalue weighted by Crippen LogP contribution is -2.11. The molecule has 2 rings (SSSR count). The smallest absolute Gasteiger partial charge is 0.127 e. The van der Waals surface area contributed by atoms with Gasteiger partial charge in [-0.15, -0.1) is 0 Å². The van der Waals surface area contributed by atoms with E-state index in [2.05, 4.69) is 55.6 Å². The summed E-state index contributed by atoms with van der Waals surface area (Å²) in [6.07, 6.45) is 3.63. The summed E-state index contributed by atoms with van der Waals surface area (Å²) in [4.78, 5) is 0. The van der Waals surface area contributed by atoms with Crippen molar-refractivity contribution in [3.8, 4) is 11.5 Å². The van der Waals surface area contributed by atoms with E-state index in [0.29, 0.717) is 0 Å². The van der Waals surface area contributed by atoms with Crippen LogP contribution in [0.15, 0.2) is 48.5 Å². The normalized spacial score (nSPS) is 10.6. The van der Waals surface area contributed by atoms with E-state index in [1.165, 1.54) is 24.0 Å². The number of nitrogens with one attached hydrogen (secondary N) is 1. The molecule has 0 saturated carbocycles. The largest absolute Gasteiger partial charge is 0.457 e. The van der Waals surface area contributed by atoms with Crippen LogP contribution in [0.25, 0.3) is 0 Å². The van der Waals surface area contributed by atoms with Crippen molar-refractivity contribution < 1.29 is 4.74 Å². The lowest BCUT2D eigenvalue weighted by Gasteiger charge is -2.08. The van der Waals surface area contributed by atoms with Gasteiger partial charge in [0.25, 0.3) is 0 Å². The van der Waals surface area contributed by atoms with Gasteiger partial charge < -0.3 is 10.1 Å². The quantitative estimate of drug-likeness (QED) is 0.741. The highest BCUT2D eigenvalue weighted by Crippen LogP contribution is 2.22. The van der Waals surface area contributed by atoms with Crippen LogP contribution in [0.1, 0.15) is 37.8 Å². The number of hydrogen-bond acceptors (Lipinski definition) is 2. The maximum Gasteiger partial charge on any atom is 0.127 e. The van der Waals surface area contributed by atoms with Crippen LogP contribution in [0.4, 0.5) is 0 Å². The molecule has 0 spiro atoms. The fraction of sp³-hybridized carbons (Fsp3) is 0.368. The van der Waals surface area contributed by atoms with E-state index in [1.54, 1.807) is 0 Å². The first-order valence-corrected chi connectivity index (χ1v) is 7.88. The molecule has 0 bridgehead atoms. The van der Waals surface area contributed by atoms with E-state index >= 15 is 0 Å². The summed E-state index contributed by atoms with van der Waals surface area (Å²) in [7, 11) is 0. The second-order valence-corrected chi connectivity index (χ2v) is 5.27.